The third kappa shape index (κ3) is 3.26. The number of aromatic nitrogens is 2. The third-order valence-electron chi connectivity index (χ3n) is 4.56. The molecule has 1 aromatic heterocycles. The summed E-state index contributed by atoms with van der Waals surface area (Å²) in [6, 6.07) is 10.3. The zero-order valence-electron chi connectivity index (χ0n) is 12.8. The molecule has 1 aliphatic carbocycles. The van der Waals surface area contributed by atoms with Crippen molar-refractivity contribution in [3.63, 3.8) is 0 Å². The smallest absolute Gasteiger partial charge is 0.272 e. The lowest BCUT2D eigenvalue weighted by molar-refractivity contribution is 0.0925. The van der Waals surface area contributed by atoms with E-state index in [0.717, 1.165) is 24.2 Å². The van der Waals surface area contributed by atoms with E-state index < -0.39 is 0 Å². The molecular weight excluding hydrogens is 312 g/mol. The number of nitrogens with one attached hydrogen (secondary N) is 3. The van der Waals surface area contributed by atoms with Crippen molar-refractivity contribution < 1.29 is 4.79 Å². The lowest BCUT2D eigenvalue weighted by Gasteiger charge is -2.19. The molecule has 23 heavy (non-hydrogen) atoms. The van der Waals surface area contributed by atoms with Crippen molar-refractivity contribution in [2.24, 2.45) is 5.92 Å². The molecule has 1 unspecified atom stereocenters. The topological polar surface area (TPSA) is 69.8 Å². The van der Waals surface area contributed by atoms with Gasteiger partial charge in [0.05, 0.1) is 6.04 Å². The van der Waals surface area contributed by atoms with E-state index in [1.54, 1.807) is 0 Å². The summed E-state index contributed by atoms with van der Waals surface area (Å²) < 4.78 is 0. The number of fused-ring (bicyclic) bond motifs is 1. The largest absolute Gasteiger partial charge is 0.344 e. The molecule has 1 saturated carbocycles. The summed E-state index contributed by atoms with van der Waals surface area (Å²) in [5.74, 6) is 0.487. The summed E-state index contributed by atoms with van der Waals surface area (Å²) >= 11 is 0. The third-order valence-corrected chi connectivity index (χ3v) is 4.56. The lowest BCUT2D eigenvalue weighted by Crippen LogP contribution is -2.32. The lowest BCUT2D eigenvalue weighted by atomic mass is 10.0. The maximum Gasteiger partial charge on any atom is 0.272 e. The van der Waals surface area contributed by atoms with E-state index in [4.69, 9.17) is 0 Å². The Hall–Kier alpha value is -1.85. The predicted octanol–water partition coefficient (Wildman–Crippen LogP) is 2.36. The Morgan fingerprint density at radius 2 is 2.04 bits per heavy atom. The maximum absolute atomic E-state index is 12.7. The Balaban J connectivity index is 0.00000156. The molecule has 2 aliphatic rings. The minimum Gasteiger partial charge on any atom is -0.344 e. The predicted molar refractivity (Wildman–Crippen MR) is 90.6 cm³/mol. The Labute approximate surface area is 141 Å². The molecule has 1 aromatic carbocycles. The molecule has 3 N–H and O–H groups in total. The van der Waals surface area contributed by atoms with Crippen LogP contribution >= 0.6 is 12.4 Å². The van der Waals surface area contributed by atoms with Crippen LogP contribution in [-0.4, -0.2) is 22.6 Å². The molecule has 0 bridgehead atoms. The number of halogens is 1. The fourth-order valence-electron chi connectivity index (χ4n) is 3.19. The highest BCUT2D eigenvalue weighted by molar-refractivity contribution is 5.94. The first-order valence-electron chi connectivity index (χ1n) is 7.95. The number of amides is 1. The van der Waals surface area contributed by atoms with Crippen LogP contribution in [0.15, 0.2) is 30.3 Å². The highest BCUT2D eigenvalue weighted by Crippen LogP contribution is 2.41. The van der Waals surface area contributed by atoms with E-state index in [1.165, 1.54) is 18.4 Å². The van der Waals surface area contributed by atoms with Crippen molar-refractivity contribution in [3.8, 4) is 0 Å². The average Bonchev–Trinajstić information content (AvgIpc) is 3.31. The number of aromatic amines is 1. The van der Waals surface area contributed by atoms with Gasteiger partial charge in [-0.3, -0.25) is 9.89 Å². The van der Waals surface area contributed by atoms with Crippen LogP contribution in [-0.2, 0) is 13.0 Å². The van der Waals surface area contributed by atoms with Crippen LogP contribution in [0, 0.1) is 5.92 Å². The molecule has 0 spiro atoms. The molecule has 5 nitrogen and oxygen atoms in total. The van der Waals surface area contributed by atoms with Gasteiger partial charge in [-0.25, -0.2) is 0 Å². The first-order chi connectivity index (χ1) is 10.8. The van der Waals surface area contributed by atoms with E-state index in [9.17, 15) is 4.79 Å². The van der Waals surface area contributed by atoms with Gasteiger partial charge >= 0.3 is 0 Å². The first-order valence-corrected chi connectivity index (χ1v) is 7.95. The number of hydrogen-bond donors (Lipinski definition) is 3. The summed E-state index contributed by atoms with van der Waals surface area (Å²) in [6.07, 6.45) is 3.26. The molecule has 0 saturated heterocycles. The molecule has 6 heteroatoms. The van der Waals surface area contributed by atoms with Crippen molar-refractivity contribution in [1.82, 2.24) is 20.8 Å². The van der Waals surface area contributed by atoms with Gasteiger partial charge in [-0.05, 0) is 24.3 Å². The van der Waals surface area contributed by atoms with Crippen LogP contribution in [0.1, 0.15) is 46.2 Å². The standard InChI is InChI=1S/C17H20N4O.ClH/c22-17(16-13-10-18-9-8-14(13)20-21-16)19-15(12-6-7-12)11-4-2-1-3-5-11;/h1-5,12,15,18H,6-10H2,(H,19,22)(H,20,21);1H. The average molecular weight is 333 g/mol. The maximum atomic E-state index is 12.7. The minimum atomic E-state index is -0.0676. The number of H-pyrrole nitrogens is 1. The molecule has 1 fully saturated rings. The number of nitrogens with zero attached hydrogens (tertiary/aromatic N) is 1. The van der Waals surface area contributed by atoms with Gasteiger partial charge in [0.15, 0.2) is 5.69 Å². The second-order valence-corrected chi connectivity index (χ2v) is 6.16. The van der Waals surface area contributed by atoms with Crippen LogP contribution in [0.4, 0.5) is 0 Å². The normalized spacial score (nSPS) is 17.7. The van der Waals surface area contributed by atoms with Gasteiger partial charge in [0.2, 0.25) is 0 Å². The van der Waals surface area contributed by atoms with Gasteiger partial charge in [-0.1, -0.05) is 30.3 Å². The van der Waals surface area contributed by atoms with Gasteiger partial charge < -0.3 is 10.6 Å². The van der Waals surface area contributed by atoms with Gasteiger partial charge in [0.1, 0.15) is 0 Å². The summed E-state index contributed by atoms with van der Waals surface area (Å²) in [5, 5.41) is 13.8. The van der Waals surface area contributed by atoms with Crippen molar-refractivity contribution in [3.05, 3.63) is 52.8 Å². The fourth-order valence-corrected chi connectivity index (χ4v) is 3.19. The van der Waals surface area contributed by atoms with Crippen molar-refractivity contribution in [2.45, 2.75) is 31.8 Å². The monoisotopic (exact) mass is 332 g/mol. The van der Waals surface area contributed by atoms with Crippen LogP contribution < -0.4 is 10.6 Å². The van der Waals surface area contributed by atoms with Gasteiger partial charge in [-0.15, -0.1) is 12.4 Å². The number of benzene rings is 1. The highest BCUT2D eigenvalue weighted by Gasteiger charge is 2.34. The quantitative estimate of drug-likeness (QED) is 0.805. The van der Waals surface area contributed by atoms with Gasteiger partial charge in [0, 0.05) is 30.8 Å². The molecule has 4 rings (SSSR count). The van der Waals surface area contributed by atoms with Crippen molar-refractivity contribution >= 4 is 18.3 Å². The molecule has 2 heterocycles. The minimum absolute atomic E-state index is 0. The summed E-state index contributed by atoms with van der Waals surface area (Å²) in [5.41, 5.74) is 3.84. The Kier molecular flexibility index (Phi) is 4.68. The van der Waals surface area contributed by atoms with Crippen molar-refractivity contribution in [1.29, 1.82) is 0 Å². The van der Waals surface area contributed by atoms with Crippen LogP contribution in [0.2, 0.25) is 0 Å². The molecule has 122 valence electrons. The van der Waals surface area contributed by atoms with Crippen LogP contribution in [0.25, 0.3) is 0 Å². The highest BCUT2D eigenvalue weighted by atomic mass is 35.5. The zero-order chi connectivity index (χ0) is 14.9. The number of carbonyl (C=O) groups is 1. The van der Waals surface area contributed by atoms with Crippen LogP contribution in [0.5, 0.6) is 0 Å². The first kappa shape index (κ1) is 16.0. The molecule has 1 atom stereocenters. The zero-order valence-corrected chi connectivity index (χ0v) is 13.7. The van der Waals surface area contributed by atoms with E-state index in [1.807, 2.05) is 18.2 Å². The van der Waals surface area contributed by atoms with E-state index in [-0.39, 0.29) is 24.4 Å². The molecular formula is C17H21ClN4O. The number of hydrogen-bond acceptors (Lipinski definition) is 3. The fraction of sp³-hybridized carbons (Fsp3) is 0.412. The number of carbonyl (C=O) groups excluding carboxylic acids is 1. The Bertz CT molecular complexity index is 681. The molecule has 2 aromatic rings. The molecule has 1 aliphatic heterocycles. The van der Waals surface area contributed by atoms with Gasteiger partial charge in [-0.2, -0.15) is 5.10 Å². The SMILES string of the molecule is Cl.O=C(NC(c1ccccc1)C1CC1)c1n[nH]c2c1CNCC2. The van der Waals surface area contributed by atoms with E-state index in [0.29, 0.717) is 18.2 Å². The second kappa shape index (κ2) is 6.72. The Morgan fingerprint density at radius 3 is 2.78 bits per heavy atom. The van der Waals surface area contributed by atoms with Crippen LogP contribution in [0.3, 0.4) is 0 Å². The van der Waals surface area contributed by atoms with Crippen molar-refractivity contribution in [2.75, 3.05) is 6.54 Å². The summed E-state index contributed by atoms with van der Waals surface area (Å²) in [6.45, 7) is 1.65. The Morgan fingerprint density at radius 1 is 1.26 bits per heavy atom. The summed E-state index contributed by atoms with van der Waals surface area (Å²) in [7, 11) is 0. The van der Waals surface area contributed by atoms with E-state index in [2.05, 4.69) is 33.0 Å². The number of rotatable bonds is 4. The summed E-state index contributed by atoms with van der Waals surface area (Å²) in [4.78, 5) is 12.7. The van der Waals surface area contributed by atoms with Gasteiger partial charge in [0.25, 0.3) is 5.91 Å². The van der Waals surface area contributed by atoms with E-state index >= 15 is 0 Å². The second-order valence-electron chi connectivity index (χ2n) is 6.16. The molecule has 1 amide bonds. The molecule has 0 radical (unpaired) electrons.